The van der Waals surface area contributed by atoms with Crippen molar-refractivity contribution in [2.75, 3.05) is 39.4 Å². The number of nitrogens with zero attached hydrogens (tertiary/aromatic N) is 1. The van der Waals surface area contributed by atoms with Gasteiger partial charge in [-0.3, -0.25) is 14.5 Å². The summed E-state index contributed by atoms with van der Waals surface area (Å²) in [6.07, 6.45) is 0.937. The second-order valence-electron chi connectivity index (χ2n) is 5.67. The highest BCUT2D eigenvalue weighted by Gasteiger charge is 2.10. The van der Waals surface area contributed by atoms with E-state index in [0.29, 0.717) is 18.7 Å². The van der Waals surface area contributed by atoms with Crippen LogP contribution in [-0.2, 0) is 16.1 Å². The molecule has 0 unspecified atom stereocenters. The normalized spacial score (nSPS) is 15.2. The number of morpholine rings is 1. The van der Waals surface area contributed by atoms with E-state index in [4.69, 9.17) is 4.74 Å². The third-order valence-electron chi connectivity index (χ3n) is 3.80. The van der Waals surface area contributed by atoms with E-state index < -0.39 is 0 Å². The van der Waals surface area contributed by atoms with Gasteiger partial charge in [-0.1, -0.05) is 12.1 Å². The third-order valence-corrected chi connectivity index (χ3v) is 3.80. The van der Waals surface area contributed by atoms with Crippen LogP contribution in [0, 0.1) is 0 Å². The van der Waals surface area contributed by atoms with Crippen molar-refractivity contribution in [3.63, 3.8) is 0 Å². The summed E-state index contributed by atoms with van der Waals surface area (Å²) in [7, 11) is 0. The molecule has 0 aromatic heterocycles. The van der Waals surface area contributed by atoms with Crippen LogP contribution in [0.15, 0.2) is 24.3 Å². The molecule has 0 bridgehead atoms. The fourth-order valence-electron chi connectivity index (χ4n) is 2.43. The van der Waals surface area contributed by atoms with Crippen LogP contribution in [0.2, 0.25) is 0 Å². The van der Waals surface area contributed by atoms with Gasteiger partial charge in [-0.15, -0.1) is 0 Å². The largest absolute Gasteiger partial charge is 0.379 e. The van der Waals surface area contributed by atoms with Crippen LogP contribution in [0.4, 0.5) is 0 Å². The van der Waals surface area contributed by atoms with Crippen LogP contribution in [0.1, 0.15) is 29.3 Å². The second kappa shape index (κ2) is 9.27. The van der Waals surface area contributed by atoms with Crippen molar-refractivity contribution in [2.45, 2.75) is 19.9 Å². The van der Waals surface area contributed by atoms with Gasteiger partial charge in [0.05, 0.1) is 13.2 Å². The lowest BCUT2D eigenvalue weighted by Gasteiger charge is -2.26. The summed E-state index contributed by atoms with van der Waals surface area (Å²) >= 11 is 0. The molecule has 23 heavy (non-hydrogen) atoms. The van der Waals surface area contributed by atoms with Gasteiger partial charge in [0.15, 0.2) is 0 Å². The number of carbonyl (C=O) groups is 2. The molecular weight excluding hydrogens is 294 g/mol. The molecule has 1 heterocycles. The Kier molecular flexibility index (Phi) is 7.03. The highest BCUT2D eigenvalue weighted by atomic mass is 16.5. The van der Waals surface area contributed by atoms with E-state index in [1.807, 2.05) is 12.1 Å². The Morgan fingerprint density at radius 1 is 1.13 bits per heavy atom. The first-order valence-corrected chi connectivity index (χ1v) is 8.07. The Morgan fingerprint density at radius 3 is 2.48 bits per heavy atom. The Bertz CT molecular complexity index is 510. The zero-order valence-corrected chi connectivity index (χ0v) is 13.6. The molecule has 2 rings (SSSR count). The maximum absolute atomic E-state index is 12.1. The molecule has 1 aromatic rings. The molecule has 2 amide bonds. The van der Waals surface area contributed by atoms with Gasteiger partial charge in [0, 0.05) is 38.7 Å². The van der Waals surface area contributed by atoms with Crippen LogP contribution >= 0.6 is 0 Å². The summed E-state index contributed by atoms with van der Waals surface area (Å²) in [5, 5.41) is 5.67. The van der Waals surface area contributed by atoms with Gasteiger partial charge in [-0.25, -0.2) is 0 Å². The van der Waals surface area contributed by atoms with Crippen LogP contribution in [0.25, 0.3) is 0 Å². The average molecular weight is 319 g/mol. The number of ether oxygens (including phenoxy) is 1. The van der Waals surface area contributed by atoms with Crippen molar-refractivity contribution in [1.29, 1.82) is 0 Å². The van der Waals surface area contributed by atoms with Gasteiger partial charge >= 0.3 is 0 Å². The van der Waals surface area contributed by atoms with E-state index >= 15 is 0 Å². The molecule has 1 fully saturated rings. The molecular formula is C17H25N3O3. The number of hydrogen-bond donors (Lipinski definition) is 2. The minimum atomic E-state index is -0.0629. The maximum Gasteiger partial charge on any atom is 0.251 e. The monoisotopic (exact) mass is 319 g/mol. The first kappa shape index (κ1) is 17.4. The molecule has 1 aromatic carbocycles. The summed E-state index contributed by atoms with van der Waals surface area (Å²) in [4.78, 5) is 25.3. The van der Waals surface area contributed by atoms with Crippen LogP contribution in [-0.4, -0.2) is 56.1 Å². The van der Waals surface area contributed by atoms with Crippen molar-refractivity contribution in [3.05, 3.63) is 35.4 Å². The Balaban J connectivity index is 1.67. The third kappa shape index (κ3) is 6.38. The standard InChI is InChI=1S/C17H25N3O3/c1-14(21)19-13-15-3-5-16(6-4-15)17(22)18-7-2-8-20-9-11-23-12-10-20/h3-6H,2,7-13H2,1H3,(H,18,22)(H,19,21). The predicted octanol–water partition coefficient (Wildman–Crippen LogP) is 0.775. The second-order valence-corrected chi connectivity index (χ2v) is 5.67. The van der Waals surface area contributed by atoms with Crippen molar-refractivity contribution in [1.82, 2.24) is 15.5 Å². The van der Waals surface area contributed by atoms with E-state index in [1.54, 1.807) is 12.1 Å². The van der Waals surface area contributed by atoms with E-state index in [1.165, 1.54) is 6.92 Å². The van der Waals surface area contributed by atoms with Gasteiger partial charge in [0.2, 0.25) is 5.91 Å². The minimum Gasteiger partial charge on any atom is -0.379 e. The molecule has 0 aliphatic carbocycles. The number of benzene rings is 1. The highest BCUT2D eigenvalue weighted by molar-refractivity contribution is 5.94. The molecule has 2 N–H and O–H groups in total. The molecule has 6 nitrogen and oxygen atoms in total. The van der Waals surface area contributed by atoms with Crippen LogP contribution in [0.5, 0.6) is 0 Å². The summed E-state index contributed by atoms with van der Waals surface area (Å²) in [6.45, 7) is 7.18. The Hall–Kier alpha value is -1.92. The molecule has 1 saturated heterocycles. The molecule has 126 valence electrons. The lowest BCUT2D eigenvalue weighted by atomic mass is 10.1. The number of nitrogens with one attached hydrogen (secondary N) is 2. The minimum absolute atomic E-state index is 0.0574. The van der Waals surface area contributed by atoms with Crippen LogP contribution < -0.4 is 10.6 Å². The molecule has 0 atom stereocenters. The van der Waals surface area contributed by atoms with Gasteiger partial charge < -0.3 is 15.4 Å². The summed E-state index contributed by atoms with van der Waals surface area (Å²) in [6, 6.07) is 7.29. The van der Waals surface area contributed by atoms with Gasteiger partial charge in [0.1, 0.15) is 0 Å². The quantitative estimate of drug-likeness (QED) is 0.729. The van der Waals surface area contributed by atoms with Gasteiger partial charge in [-0.05, 0) is 30.7 Å². The number of hydrogen-bond acceptors (Lipinski definition) is 4. The zero-order chi connectivity index (χ0) is 16.5. The summed E-state index contributed by atoms with van der Waals surface area (Å²) in [5.74, 6) is -0.120. The first-order valence-electron chi connectivity index (χ1n) is 8.07. The smallest absolute Gasteiger partial charge is 0.251 e. The van der Waals surface area contributed by atoms with Crippen molar-refractivity contribution in [3.8, 4) is 0 Å². The lowest BCUT2D eigenvalue weighted by Crippen LogP contribution is -2.38. The fourth-order valence-corrected chi connectivity index (χ4v) is 2.43. The molecule has 0 radical (unpaired) electrons. The summed E-state index contributed by atoms with van der Waals surface area (Å²) < 4.78 is 5.31. The lowest BCUT2D eigenvalue weighted by molar-refractivity contribution is -0.119. The molecule has 0 saturated carbocycles. The topological polar surface area (TPSA) is 70.7 Å². The number of rotatable bonds is 7. The molecule has 1 aliphatic rings. The Morgan fingerprint density at radius 2 is 1.83 bits per heavy atom. The predicted molar refractivity (Wildman–Crippen MR) is 88.2 cm³/mol. The van der Waals surface area contributed by atoms with E-state index in [9.17, 15) is 9.59 Å². The zero-order valence-electron chi connectivity index (χ0n) is 13.6. The van der Waals surface area contributed by atoms with E-state index in [-0.39, 0.29) is 11.8 Å². The number of carbonyl (C=O) groups excluding carboxylic acids is 2. The maximum atomic E-state index is 12.1. The molecule has 6 heteroatoms. The van der Waals surface area contributed by atoms with Crippen molar-refractivity contribution in [2.24, 2.45) is 0 Å². The molecule has 0 spiro atoms. The van der Waals surface area contributed by atoms with Crippen molar-refractivity contribution < 1.29 is 14.3 Å². The van der Waals surface area contributed by atoms with E-state index in [0.717, 1.165) is 44.8 Å². The van der Waals surface area contributed by atoms with Crippen molar-refractivity contribution >= 4 is 11.8 Å². The SMILES string of the molecule is CC(=O)NCc1ccc(C(=O)NCCCN2CCOCC2)cc1. The average Bonchev–Trinajstić information content (AvgIpc) is 2.58. The fraction of sp³-hybridized carbons (Fsp3) is 0.529. The van der Waals surface area contributed by atoms with E-state index in [2.05, 4.69) is 15.5 Å². The number of amides is 2. The van der Waals surface area contributed by atoms with Crippen LogP contribution in [0.3, 0.4) is 0 Å². The summed E-state index contributed by atoms with van der Waals surface area (Å²) in [5.41, 5.74) is 1.62. The van der Waals surface area contributed by atoms with Gasteiger partial charge in [0.25, 0.3) is 5.91 Å². The highest BCUT2D eigenvalue weighted by Crippen LogP contribution is 2.04. The molecule has 1 aliphatic heterocycles. The first-order chi connectivity index (χ1) is 11.1. The van der Waals surface area contributed by atoms with Gasteiger partial charge in [-0.2, -0.15) is 0 Å². The Labute approximate surface area is 137 Å².